The summed E-state index contributed by atoms with van der Waals surface area (Å²) in [6.45, 7) is 0.387. The zero-order chi connectivity index (χ0) is 13.4. The van der Waals surface area contributed by atoms with Crippen molar-refractivity contribution in [2.45, 2.75) is 25.4 Å². The second-order valence-electron chi connectivity index (χ2n) is 4.86. The van der Waals surface area contributed by atoms with Crippen LogP contribution in [0.5, 0.6) is 0 Å². The molecule has 0 radical (unpaired) electrons. The Balaban J connectivity index is 2.08. The Labute approximate surface area is 109 Å². The van der Waals surface area contributed by atoms with Crippen molar-refractivity contribution in [3.63, 3.8) is 0 Å². The van der Waals surface area contributed by atoms with Gasteiger partial charge >= 0.3 is 5.69 Å². The number of rotatable bonds is 3. The Morgan fingerprint density at radius 2 is 1.84 bits per heavy atom. The molecule has 0 unspecified atom stereocenters. The molecule has 1 heterocycles. The van der Waals surface area contributed by atoms with Crippen molar-refractivity contribution in [1.82, 2.24) is 9.13 Å². The maximum atomic E-state index is 12.3. The molecule has 0 saturated heterocycles. The summed E-state index contributed by atoms with van der Waals surface area (Å²) in [5.41, 5.74) is 6.19. The van der Waals surface area contributed by atoms with Crippen molar-refractivity contribution in [2.24, 2.45) is 0 Å². The Kier molecular flexibility index (Phi) is 2.74. The number of aromatic nitrogens is 2. The lowest BCUT2D eigenvalue weighted by atomic mass is 10.2. The van der Waals surface area contributed by atoms with Gasteiger partial charge in [-0.05, 0) is 18.4 Å². The number of hydrogen-bond donors (Lipinski definition) is 1. The first kappa shape index (κ1) is 11.8. The Hall–Kier alpha value is -2.30. The maximum Gasteiger partial charge on any atom is 0.333 e. The molecule has 98 valence electrons. The average Bonchev–Trinajstić information content (AvgIpc) is 3.20. The number of nitrogens with two attached hydrogens (primary N) is 1. The standard InChI is InChI=1S/C14H15N3O2/c15-12-8-13(18)17(11-6-7-11)14(19)16(12)9-10-4-2-1-3-5-10/h1-5,8,11H,6-7,9,15H2. The molecule has 3 rings (SSSR count). The maximum absolute atomic E-state index is 12.3. The molecule has 2 N–H and O–H groups in total. The fourth-order valence-electron chi connectivity index (χ4n) is 2.20. The van der Waals surface area contributed by atoms with Crippen molar-refractivity contribution >= 4 is 5.82 Å². The number of anilines is 1. The van der Waals surface area contributed by atoms with E-state index in [1.165, 1.54) is 15.2 Å². The highest BCUT2D eigenvalue weighted by Crippen LogP contribution is 2.32. The third-order valence-corrected chi connectivity index (χ3v) is 3.35. The highest BCUT2D eigenvalue weighted by molar-refractivity contribution is 5.29. The Morgan fingerprint density at radius 3 is 2.47 bits per heavy atom. The fourth-order valence-corrected chi connectivity index (χ4v) is 2.20. The number of nitrogens with zero attached hydrogens (tertiary/aromatic N) is 2. The van der Waals surface area contributed by atoms with Crippen molar-refractivity contribution in [3.8, 4) is 0 Å². The molecule has 0 atom stereocenters. The summed E-state index contributed by atoms with van der Waals surface area (Å²) in [5.74, 6) is 0.218. The largest absolute Gasteiger partial charge is 0.385 e. The van der Waals surface area contributed by atoms with Gasteiger partial charge in [-0.15, -0.1) is 0 Å². The summed E-state index contributed by atoms with van der Waals surface area (Å²) in [7, 11) is 0. The minimum atomic E-state index is -0.309. The number of benzene rings is 1. The van der Waals surface area contributed by atoms with Crippen LogP contribution >= 0.6 is 0 Å². The van der Waals surface area contributed by atoms with Gasteiger partial charge in [0.15, 0.2) is 0 Å². The van der Waals surface area contributed by atoms with Crippen LogP contribution in [0.25, 0.3) is 0 Å². The molecule has 1 aromatic heterocycles. The van der Waals surface area contributed by atoms with E-state index in [2.05, 4.69) is 0 Å². The Morgan fingerprint density at radius 1 is 1.16 bits per heavy atom. The molecule has 2 aromatic rings. The average molecular weight is 257 g/mol. The summed E-state index contributed by atoms with van der Waals surface area (Å²) < 4.78 is 2.77. The van der Waals surface area contributed by atoms with Gasteiger partial charge < -0.3 is 5.73 Å². The van der Waals surface area contributed by atoms with Gasteiger partial charge in [-0.25, -0.2) is 4.79 Å². The van der Waals surface area contributed by atoms with Gasteiger partial charge in [-0.1, -0.05) is 30.3 Å². The van der Waals surface area contributed by atoms with Crippen LogP contribution in [0.15, 0.2) is 46.0 Å². The first-order valence-electron chi connectivity index (χ1n) is 6.32. The van der Waals surface area contributed by atoms with Crippen LogP contribution in [0.4, 0.5) is 5.82 Å². The minimum Gasteiger partial charge on any atom is -0.385 e. The predicted octanol–water partition coefficient (Wildman–Crippen LogP) is 0.975. The summed E-state index contributed by atoms with van der Waals surface area (Å²) in [4.78, 5) is 24.2. The highest BCUT2D eigenvalue weighted by atomic mass is 16.2. The molecule has 1 aliphatic rings. The fraction of sp³-hybridized carbons (Fsp3) is 0.286. The molecule has 1 fully saturated rings. The van der Waals surface area contributed by atoms with E-state index >= 15 is 0 Å². The van der Waals surface area contributed by atoms with Crippen LogP contribution < -0.4 is 17.0 Å². The van der Waals surface area contributed by atoms with Crippen molar-refractivity contribution in [2.75, 3.05) is 5.73 Å². The molecule has 0 amide bonds. The van der Waals surface area contributed by atoms with Gasteiger partial charge in [0, 0.05) is 12.1 Å². The lowest BCUT2D eigenvalue weighted by molar-refractivity contribution is 0.593. The number of hydrogen-bond acceptors (Lipinski definition) is 3. The van der Waals surface area contributed by atoms with Crippen LogP contribution in [-0.4, -0.2) is 9.13 Å². The molecule has 1 aliphatic carbocycles. The van der Waals surface area contributed by atoms with Crippen LogP contribution in [0.3, 0.4) is 0 Å². The number of nitrogen functional groups attached to an aromatic ring is 1. The molecular formula is C14H15N3O2. The van der Waals surface area contributed by atoms with Crippen molar-refractivity contribution in [3.05, 3.63) is 62.8 Å². The van der Waals surface area contributed by atoms with Crippen LogP contribution in [0.2, 0.25) is 0 Å². The lowest BCUT2D eigenvalue weighted by Crippen LogP contribution is -2.40. The van der Waals surface area contributed by atoms with E-state index in [4.69, 9.17) is 5.73 Å². The minimum absolute atomic E-state index is 0.0580. The Bertz CT molecular complexity index is 712. The van der Waals surface area contributed by atoms with Gasteiger partial charge in [0.25, 0.3) is 5.56 Å². The van der Waals surface area contributed by atoms with Crippen LogP contribution in [-0.2, 0) is 6.54 Å². The van der Waals surface area contributed by atoms with Crippen LogP contribution in [0, 0.1) is 0 Å². The summed E-state index contributed by atoms with van der Waals surface area (Å²) in [6.07, 6.45) is 1.79. The monoisotopic (exact) mass is 257 g/mol. The summed E-state index contributed by atoms with van der Waals surface area (Å²) in [6, 6.07) is 11.0. The highest BCUT2D eigenvalue weighted by Gasteiger charge is 2.27. The molecule has 5 nitrogen and oxygen atoms in total. The van der Waals surface area contributed by atoms with Crippen molar-refractivity contribution < 1.29 is 0 Å². The van der Waals surface area contributed by atoms with E-state index in [1.54, 1.807) is 0 Å². The molecule has 19 heavy (non-hydrogen) atoms. The first-order valence-corrected chi connectivity index (χ1v) is 6.32. The molecule has 1 aromatic carbocycles. The smallest absolute Gasteiger partial charge is 0.333 e. The molecular weight excluding hydrogens is 242 g/mol. The molecule has 1 saturated carbocycles. The van der Waals surface area contributed by atoms with Crippen LogP contribution in [0.1, 0.15) is 24.4 Å². The van der Waals surface area contributed by atoms with E-state index < -0.39 is 0 Å². The van der Waals surface area contributed by atoms with Gasteiger partial charge in [0.2, 0.25) is 0 Å². The molecule has 0 aliphatic heterocycles. The SMILES string of the molecule is Nc1cc(=O)n(C2CC2)c(=O)n1Cc1ccccc1. The van der Waals surface area contributed by atoms with E-state index in [9.17, 15) is 9.59 Å². The summed E-state index contributed by atoms with van der Waals surface area (Å²) >= 11 is 0. The van der Waals surface area contributed by atoms with Gasteiger partial charge in [0.05, 0.1) is 6.54 Å². The van der Waals surface area contributed by atoms with Gasteiger partial charge in [-0.3, -0.25) is 13.9 Å². The quantitative estimate of drug-likeness (QED) is 0.891. The molecule has 0 spiro atoms. The zero-order valence-corrected chi connectivity index (χ0v) is 10.5. The first-order chi connectivity index (χ1) is 9.16. The van der Waals surface area contributed by atoms with Crippen molar-refractivity contribution in [1.29, 1.82) is 0 Å². The van der Waals surface area contributed by atoms with E-state index in [1.807, 2.05) is 30.3 Å². The second kappa shape index (κ2) is 4.42. The van der Waals surface area contributed by atoms with E-state index in [0.29, 0.717) is 6.54 Å². The van der Waals surface area contributed by atoms with E-state index in [-0.39, 0.29) is 23.1 Å². The van der Waals surface area contributed by atoms with E-state index in [0.717, 1.165) is 18.4 Å². The third kappa shape index (κ3) is 2.19. The van der Waals surface area contributed by atoms with Gasteiger partial charge in [0.1, 0.15) is 5.82 Å². The third-order valence-electron chi connectivity index (χ3n) is 3.35. The second-order valence-corrected chi connectivity index (χ2v) is 4.86. The lowest BCUT2D eigenvalue weighted by Gasteiger charge is -2.12. The predicted molar refractivity (Wildman–Crippen MR) is 73.2 cm³/mol. The van der Waals surface area contributed by atoms with Gasteiger partial charge in [-0.2, -0.15) is 0 Å². The topological polar surface area (TPSA) is 70.0 Å². The normalized spacial score (nSPS) is 14.5. The molecule has 0 bridgehead atoms. The zero-order valence-electron chi connectivity index (χ0n) is 10.5. The molecule has 5 heteroatoms. The summed E-state index contributed by atoms with van der Waals surface area (Å²) in [5, 5.41) is 0.